The number of aliphatic hydroxyl groups is 1. The lowest BCUT2D eigenvalue weighted by Gasteiger charge is -2.01. The highest BCUT2D eigenvalue weighted by Crippen LogP contribution is 2.20. The zero-order valence-corrected chi connectivity index (χ0v) is 10.2. The molecule has 0 unspecified atom stereocenters. The molecule has 0 bridgehead atoms. The predicted octanol–water partition coefficient (Wildman–Crippen LogP) is 1.67. The van der Waals surface area contributed by atoms with E-state index in [1.54, 1.807) is 0 Å². The maximum absolute atomic E-state index is 11.7. The van der Waals surface area contributed by atoms with Crippen molar-refractivity contribution in [3.8, 4) is 0 Å². The molecule has 7 nitrogen and oxygen atoms in total. The van der Waals surface area contributed by atoms with Crippen LogP contribution in [0.15, 0.2) is 27.4 Å². The zero-order valence-electron chi connectivity index (χ0n) is 10.2. The van der Waals surface area contributed by atoms with Crippen molar-refractivity contribution in [1.82, 2.24) is 4.57 Å². The van der Waals surface area contributed by atoms with E-state index >= 15 is 0 Å². The molecule has 2 aromatic rings. The molecule has 0 aliphatic carbocycles. The average Bonchev–Trinajstić information content (AvgIpc) is 2.70. The molecule has 1 aromatic heterocycles. The maximum Gasteiger partial charge on any atom is 0.419 e. The number of aromatic nitrogens is 1. The molecule has 0 aliphatic heterocycles. The highest BCUT2D eigenvalue weighted by molar-refractivity contribution is 5.75. The Labute approximate surface area is 108 Å². The van der Waals surface area contributed by atoms with Crippen molar-refractivity contribution < 1.29 is 14.4 Å². The molecule has 0 saturated heterocycles. The molecule has 1 aromatic carbocycles. The van der Waals surface area contributed by atoms with Crippen molar-refractivity contribution >= 4 is 16.8 Å². The number of aliphatic hydroxyl groups excluding tert-OH is 1. The molecule has 0 fully saturated rings. The minimum Gasteiger partial charge on any atom is -0.408 e. The number of oxazole rings is 1. The summed E-state index contributed by atoms with van der Waals surface area (Å²) in [5, 5.41) is 19.4. The van der Waals surface area contributed by atoms with Crippen LogP contribution in [0.1, 0.15) is 19.3 Å². The van der Waals surface area contributed by atoms with E-state index in [4.69, 9.17) is 9.52 Å². The number of non-ortho nitro benzene ring substituents is 1. The van der Waals surface area contributed by atoms with Gasteiger partial charge in [-0.15, -0.1) is 0 Å². The van der Waals surface area contributed by atoms with Gasteiger partial charge >= 0.3 is 5.76 Å². The number of unbranched alkanes of at least 4 members (excludes halogenated alkanes) is 2. The summed E-state index contributed by atoms with van der Waals surface area (Å²) in [4.78, 5) is 21.9. The molecular formula is C12H14N2O5. The SMILES string of the molecule is O=c1oc2ccc([N+](=O)[O-])cc2n1CCCCCO. The smallest absolute Gasteiger partial charge is 0.408 e. The summed E-state index contributed by atoms with van der Waals surface area (Å²) in [6, 6.07) is 4.08. The van der Waals surface area contributed by atoms with E-state index in [2.05, 4.69) is 0 Å². The molecule has 0 saturated carbocycles. The van der Waals surface area contributed by atoms with Crippen molar-refractivity contribution in [3.05, 3.63) is 38.9 Å². The monoisotopic (exact) mass is 266 g/mol. The van der Waals surface area contributed by atoms with Crippen molar-refractivity contribution in [2.75, 3.05) is 6.61 Å². The largest absolute Gasteiger partial charge is 0.419 e. The fourth-order valence-corrected chi connectivity index (χ4v) is 1.93. The van der Waals surface area contributed by atoms with Gasteiger partial charge in [-0.2, -0.15) is 0 Å². The number of hydrogen-bond donors (Lipinski definition) is 1. The third-order valence-corrected chi connectivity index (χ3v) is 2.90. The number of hydrogen-bond acceptors (Lipinski definition) is 5. The topological polar surface area (TPSA) is 98.5 Å². The normalized spacial score (nSPS) is 11.0. The number of nitrogens with zero attached hydrogens (tertiary/aromatic N) is 2. The van der Waals surface area contributed by atoms with Crippen molar-refractivity contribution in [2.24, 2.45) is 0 Å². The standard InChI is InChI=1S/C12H14N2O5/c15-7-3-1-2-6-13-10-8-9(14(17)18)4-5-11(10)19-12(13)16/h4-5,8,15H,1-3,6-7H2. The van der Waals surface area contributed by atoms with Crippen LogP contribution in [0.5, 0.6) is 0 Å². The Balaban J connectivity index is 2.30. The Morgan fingerprint density at radius 3 is 2.79 bits per heavy atom. The maximum atomic E-state index is 11.7. The van der Waals surface area contributed by atoms with Crippen LogP contribution in [-0.4, -0.2) is 21.2 Å². The molecule has 0 aliphatic rings. The second kappa shape index (κ2) is 5.66. The number of fused-ring (bicyclic) bond motifs is 1. The Hall–Kier alpha value is -2.15. The fraction of sp³-hybridized carbons (Fsp3) is 0.417. The lowest BCUT2D eigenvalue weighted by atomic mass is 10.2. The van der Waals surface area contributed by atoms with Gasteiger partial charge in [-0.25, -0.2) is 4.79 Å². The molecule has 0 atom stereocenters. The molecule has 2 rings (SSSR count). The minimum absolute atomic E-state index is 0.0718. The number of benzene rings is 1. The third kappa shape index (κ3) is 2.82. The average molecular weight is 266 g/mol. The number of nitro benzene ring substituents is 1. The van der Waals surface area contributed by atoms with Gasteiger partial charge in [-0.05, 0) is 25.3 Å². The second-order valence-electron chi connectivity index (χ2n) is 4.21. The number of nitro groups is 1. The predicted molar refractivity (Wildman–Crippen MR) is 68.1 cm³/mol. The highest BCUT2D eigenvalue weighted by atomic mass is 16.6. The fourth-order valence-electron chi connectivity index (χ4n) is 1.93. The third-order valence-electron chi connectivity index (χ3n) is 2.90. The van der Waals surface area contributed by atoms with Crippen LogP contribution in [0.25, 0.3) is 11.1 Å². The number of aryl methyl sites for hydroxylation is 1. The summed E-state index contributed by atoms with van der Waals surface area (Å²) < 4.78 is 6.41. The van der Waals surface area contributed by atoms with Gasteiger partial charge in [0.15, 0.2) is 5.58 Å². The molecule has 0 spiro atoms. The van der Waals surface area contributed by atoms with Gasteiger partial charge < -0.3 is 9.52 Å². The van der Waals surface area contributed by atoms with Crippen LogP contribution >= 0.6 is 0 Å². The van der Waals surface area contributed by atoms with Gasteiger partial charge in [0.2, 0.25) is 0 Å². The molecule has 1 heterocycles. The van der Waals surface area contributed by atoms with Crippen molar-refractivity contribution in [2.45, 2.75) is 25.8 Å². The highest BCUT2D eigenvalue weighted by Gasteiger charge is 2.13. The van der Waals surface area contributed by atoms with E-state index in [0.29, 0.717) is 30.5 Å². The van der Waals surface area contributed by atoms with E-state index in [1.165, 1.54) is 22.8 Å². The van der Waals surface area contributed by atoms with Gasteiger partial charge in [-0.1, -0.05) is 0 Å². The Morgan fingerprint density at radius 1 is 1.32 bits per heavy atom. The van der Waals surface area contributed by atoms with Crippen LogP contribution in [0.2, 0.25) is 0 Å². The van der Waals surface area contributed by atoms with Crippen LogP contribution in [0.4, 0.5) is 5.69 Å². The molecule has 102 valence electrons. The summed E-state index contributed by atoms with van der Waals surface area (Å²) in [6.45, 7) is 0.541. The van der Waals surface area contributed by atoms with Gasteiger partial charge in [-0.3, -0.25) is 14.7 Å². The summed E-state index contributed by atoms with van der Waals surface area (Å²) in [5.74, 6) is -0.514. The molecule has 7 heteroatoms. The van der Waals surface area contributed by atoms with Crippen molar-refractivity contribution in [1.29, 1.82) is 0 Å². The van der Waals surface area contributed by atoms with E-state index in [0.717, 1.165) is 6.42 Å². The summed E-state index contributed by atoms with van der Waals surface area (Å²) in [5.41, 5.74) is 0.707. The zero-order chi connectivity index (χ0) is 13.8. The molecule has 19 heavy (non-hydrogen) atoms. The van der Waals surface area contributed by atoms with Gasteiger partial charge in [0.25, 0.3) is 5.69 Å². The first-order valence-corrected chi connectivity index (χ1v) is 6.02. The quantitative estimate of drug-likeness (QED) is 0.487. The molecule has 1 N–H and O–H groups in total. The minimum atomic E-state index is -0.514. The molecular weight excluding hydrogens is 252 g/mol. The first-order valence-electron chi connectivity index (χ1n) is 6.02. The Kier molecular flexibility index (Phi) is 3.96. The van der Waals surface area contributed by atoms with Crippen LogP contribution in [0, 0.1) is 10.1 Å². The first-order chi connectivity index (χ1) is 9.13. The molecule has 0 amide bonds. The first kappa shape index (κ1) is 13.3. The van der Waals surface area contributed by atoms with Gasteiger partial charge in [0.05, 0.1) is 10.4 Å². The van der Waals surface area contributed by atoms with Gasteiger partial charge in [0.1, 0.15) is 0 Å². The van der Waals surface area contributed by atoms with E-state index in [9.17, 15) is 14.9 Å². The van der Waals surface area contributed by atoms with E-state index in [-0.39, 0.29) is 12.3 Å². The Bertz CT molecular complexity index is 643. The van der Waals surface area contributed by atoms with Crippen LogP contribution in [0.3, 0.4) is 0 Å². The van der Waals surface area contributed by atoms with Crippen LogP contribution < -0.4 is 5.76 Å². The lowest BCUT2D eigenvalue weighted by molar-refractivity contribution is -0.384. The second-order valence-corrected chi connectivity index (χ2v) is 4.21. The van der Waals surface area contributed by atoms with Crippen molar-refractivity contribution in [3.63, 3.8) is 0 Å². The number of rotatable bonds is 6. The van der Waals surface area contributed by atoms with E-state index in [1.807, 2.05) is 0 Å². The lowest BCUT2D eigenvalue weighted by Crippen LogP contribution is -2.14. The summed E-state index contributed by atoms with van der Waals surface area (Å²) >= 11 is 0. The Morgan fingerprint density at radius 2 is 2.11 bits per heavy atom. The molecule has 0 radical (unpaired) electrons. The summed E-state index contributed by atoms with van der Waals surface area (Å²) in [7, 11) is 0. The van der Waals surface area contributed by atoms with Crippen LogP contribution in [-0.2, 0) is 6.54 Å². The van der Waals surface area contributed by atoms with E-state index < -0.39 is 10.7 Å². The van der Waals surface area contributed by atoms with Gasteiger partial charge in [0, 0.05) is 25.3 Å². The summed E-state index contributed by atoms with van der Waals surface area (Å²) in [6.07, 6.45) is 2.16.